The zero-order chi connectivity index (χ0) is 22.6. The highest BCUT2D eigenvalue weighted by Crippen LogP contribution is 2.17. The van der Waals surface area contributed by atoms with E-state index in [4.69, 9.17) is 0 Å². The molecule has 0 bridgehead atoms. The van der Waals surface area contributed by atoms with Crippen molar-refractivity contribution in [3.63, 3.8) is 0 Å². The first-order valence-electron chi connectivity index (χ1n) is 14.2. The fourth-order valence-corrected chi connectivity index (χ4v) is 4.63. The molecule has 1 aromatic rings. The van der Waals surface area contributed by atoms with Gasteiger partial charge in [0.2, 0.25) is 0 Å². The molecule has 0 aliphatic carbocycles. The molecule has 1 nitrogen and oxygen atoms in total. The second-order valence-corrected chi connectivity index (χ2v) is 10.2. The summed E-state index contributed by atoms with van der Waals surface area (Å²) >= 11 is 0. The van der Waals surface area contributed by atoms with Crippen LogP contribution in [0.4, 0.5) is 0 Å². The number of aromatic nitrogens is 1. The summed E-state index contributed by atoms with van der Waals surface area (Å²) in [5, 5.41) is 0. The molecule has 1 aromatic heterocycles. The Kier molecular flexibility index (Phi) is 18.0. The molecule has 0 fully saturated rings. The maximum atomic E-state index is 2.46. The number of pyridine rings is 1. The Bertz CT molecular complexity index is 519. The van der Waals surface area contributed by atoms with E-state index in [9.17, 15) is 0 Å². The first-order valence-corrected chi connectivity index (χ1v) is 14.2. The van der Waals surface area contributed by atoms with E-state index in [1.165, 1.54) is 128 Å². The highest BCUT2D eigenvalue weighted by atomic mass is 15.0. The molecule has 0 atom stereocenters. The van der Waals surface area contributed by atoms with Crippen molar-refractivity contribution in [3.05, 3.63) is 29.6 Å². The highest BCUT2D eigenvalue weighted by Gasteiger charge is 2.12. The van der Waals surface area contributed by atoms with Crippen molar-refractivity contribution < 1.29 is 4.57 Å². The largest absolute Gasteiger partial charge is 0.203 e. The number of aryl methyl sites for hydroxylation is 2. The maximum Gasteiger partial charge on any atom is 0.172 e. The molecule has 0 spiro atoms. The Morgan fingerprint density at radius 1 is 0.548 bits per heavy atom. The van der Waals surface area contributed by atoms with Crippen LogP contribution in [0.25, 0.3) is 0 Å². The van der Waals surface area contributed by atoms with Gasteiger partial charge >= 0.3 is 0 Å². The minimum absolute atomic E-state index is 0.559. The average molecular weight is 431 g/mol. The van der Waals surface area contributed by atoms with Crippen LogP contribution in [0, 0.1) is 0 Å². The summed E-state index contributed by atoms with van der Waals surface area (Å²) in [6.45, 7) is 9.19. The molecule has 0 unspecified atom stereocenters. The molecule has 1 rings (SSSR count). The van der Waals surface area contributed by atoms with E-state index < -0.39 is 0 Å². The van der Waals surface area contributed by atoms with Crippen molar-refractivity contribution in [1.82, 2.24) is 0 Å². The van der Waals surface area contributed by atoms with E-state index in [0.29, 0.717) is 6.04 Å². The Hall–Kier alpha value is -0.850. The zero-order valence-corrected chi connectivity index (χ0v) is 21.9. The predicted molar refractivity (Wildman–Crippen MR) is 139 cm³/mol. The lowest BCUT2D eigenvalue weighted by atomic mass is 9.97. The van der Waals surface area contributed by atoms with Crippen LogP contribution in [0.3, 0.4) is 0 Å². The summed E-state index contributed by atoms with van der Waals surface area (Å²) in [5.41, 5.74) is 3.25. The van der Waals surface area contributed by atoms with Gasteiger partial charge in [0.1, 0.15) is 0 Å². The van der Waals surface area contributed by atoms with Gasteiger partial charge in [0.15, 0.2) is 18.4 Å². The van der Waals surface area contributed by atoms with Gasteiger partial charge in [-0.2, -0.15) is 0 Å². The van der Waals surface area contributed by atoms with Gasteiger partial charge in [-0.05, 0) is 45.1 Å². The minimum atomic E-state index is 0.559. The quantitative estimate of drug-likeness (QED) is 0.135. The van der Waals surface area contributed by atoms with Gasteiger partial charge in [-0.25, -0.2) is 4.57 Å². The number of rotatable bonds is 21. The second kappa shape index (κ2) is 19.8. The van der Waals surface area contributed by atoms with E-state index >= 15 is 0 Å². The fourth-order valence-electron chi connectivity index (χ4n) is 4.63. The summed E-state index contributed by atoms with van der Waals surface area (Å²) in [7, 11) is 0. The zero-order valence-electron chi connectivity index (χ0n) is 21.9. The van der Waals surface area contributed by atoms with Crippen molar-refractivity contribution in [2.24, 2.45) is 0 Å². The van der Waals surface area contributed by atoms with Crippen molar-refractivity contribution in [1.29, 1.82) is 0 Å². The van der Waals surface area contributed by atoms with Crippen molar-refractivity contribution in [3.8, 4) is 0 Å². The molecule has 1 heterocycles. The Morgan fingerprint density at radius 3 is 1.35 bits per heavy atom. The molecule has 180 valence electrons. The van der Waals surface area contributed by atoms with Gasteiger partial charge in [-0.3, -0.25) is 0 Å². The summed E-state index contributed by atoms with van der Waals surface area (Å²) in [5.74, 6) is 0. The Balaban J connectivity index is 2.29. The molecule has 31 heavy (non-hydrogen) atoms. The lowest BCUT2D eigenvalue weighted by Crippen LogP contribution is -2.36. The predicted octanol–water partition coefficient (Wildman–Crippen LogP) is 9.70. The van der Waals surface area contributed by atoms with Gasteiger partial charge in [-0.15, -0.1) is 0 Å². The van der Waals surface area contributed by atoms with Crippen LogP contribution in [0.2, 0.25) is 0 Å². The van der Waals surface area contributed by atoms with E-state index in [0.717, 1.165) is 0 Å². The third kappa shape index (κ3) is 14.8. The SMILES string of the molecule is CCCCCCCCCCCc1cc[n+](C(C)C)cc1CCCCCCCCCCC. The van der Waals surface area contributed by atoms with Crippen LogP contribution >= 0.6 is 0 Å². The summed E-state index contributed by atoms with van der Waals surface area (Å²) < 4.78 is 2.41. The lowest BCUT2D eigenvalue weighted by molar-refractivity contribution is -0.716. The second-order valence-electron chi connectivity index (χ2n) is 10.2. The number of hydrogen-bond acceptors (Lipinski definition) is 0. The molecule has 0 aromatic carbocycles. The van der Waals surface area contributed by atoms with Gasteiger partial charge in [0.05, 0.1) is 0 Å². The number of unbranched alkanes of at least 4 members (excludes halogenated alkanes) is 16. The number of nitrogens with zero attached hydrogens (tertiary/aromatic N) is 1. The molecular weight excluding hydrogens is 374 g/mol. The van der Waals surface area contributed by atoms with Crippen LogP contribution < -0.4 is 4.57 Å². The normalized spacial score (nSPS) is 11.5. The molecule has 0 saturated carbocycles. The van der Waals surface area contributed by atoms with Crippen LogP contribution in [-0.4, -0.2) is 0 Å². The third-order valence-corrected chi connectivity index (χ3v) is 6.86. The van der Waals surface area contributed by atoms with Gasteiger partial charge in [-0.1, -0.05) is 117 Å². The average Bonchev–Trinajstić information content (AvgIpc) is 2.77. The molecule has 1 heteroatoms. The smallest absolute Gasteiger partial charge is 0.172 e. The first-order chi connectivity index (χ1) is 15.2. The molecule has 0 saturated heterocycles. The maximum absolute atomic E-state index is 2.46. The Labute approximate surface area is 196 Å². The van der Waals surface area contributed by atoms with Crippen LogP contribution in [0.1, 0.15) is 160 Å². The van der Waals surface area contributed by atoms with Crippen LogP contribution in [0.5, 0.6) is 0 Å². The molecule has 0 aliphatic heterocycles. The molecular formula is C30H56N+. The molecule has 0 N–H and O–H groups in total. The van der Waals surface area contributed by atoms with Crippen LogP contribution in [0.15, 0.2) is 18.5 Å². The Morgan fingerprint density at radius 2 is 0.935 bits per heavy atom. The molecule has 0 amide bonds. The summed E-state index contributed by atoms with van der Waals surface area (Å²) in [6, 6.07) is 2.98. The molecule has 0 aliphatic rings. The van der Waals surface area contributed by atoms with Gasteiger partial charge < -0.3 is 0 Å². The first kappa shape index (κ1) is 28.2. The summed E-state index contributed by atoms with van der Waals surface area (Å²) in [6.07, 6.45) is 32.8. The van der Waals surface area contributed by atoms with Crippen molar-refractivity contribution in [2.75, 3.05) is 0 Å². The number of hydrogen-bond donors (Lipinski definition) is 0. The van der Waals surface area contributed by atoms with Gasteiger partial charge in [0, 0.05) is 11.6 Å². The van der Waals surface area contributed by atoms with E-state index in [-0.39, 0.29) is 0 Å². The highest BCUT2D eigenvalue weighted by molar-refractivity contribution is 5.21. The van der Waals surface area contributed by atoms with Crippen molar-refractivity contribution >= 4 is 0 Å². The van der Waals surface area contributed by atoms with Gasteiger partial charge in [0.25, 0.3) is 0 Å². The van der Waals surface area contributed by atoms with E-state index in [1.807, 2.05) is 0 Å². The van der Waals surface area contributed by atoms with Crippen LogP contribution in [-0.2, 0) is 12.8 Å². The minimum Gasteiger partial charge on any atom is -0.203 e. The fraction of sp³-hybridized carbons (Fsp3) is 0.833. The topological polar surface area (TPSA) is 3.88 Å². The standard InChI is InChI=1S/C30H56N/c1-5-7-9-11-13-15-17-19-21-23-29-25-26-31(28(3)4)27-30(29)24-22-20-18-16-14-12-10-8-6-2/h25-28H,5-24H2,1-4H3/q+1. The van der Waals surface area contributed by atoms with Crippen molar-refractivity contribution in [2.45, 2.75) is 162 Å². The third-order valence-electron chi connectivity index (χ3n) is 6.86. The van der Waals surface area contributed by atoms with E-state index in [1.54, 1.807) is 11.1 Å². The van der Waals surface area contributed by atoms with E-state index in [2.05, 4.69) is 50.7 Å². The lowest BCUT2D eigenvalue weighted by Gasteiger charge is -2.10. The summed E-state index contributed by atoms with van der Waals surface area (Å²) in [4.78, 5) is 0. The molecule has 0 radical (unpaired) electrons. The monoisotopic (exact) mass is 430 g/mol.